The minimum atomic E-state index is -0.206. The summed E-state index contributed by atoms with van der Waals surface area (Å²) in [5.41, 5.74) is 1.32. The van der Waals surface area contributed by atoms with Crippen molar-refractivity contribution in [3.63, 3.8) is 0 Å². The highest BCUT2D eigenvalue weighted by Crippen LogP contribution is 2.32. The average molecular weight is 379 g/mol. The second kappa shape index (κ2) is 7.34. The van der Waals surface area contributed by atoms with Crippen molar-refractivity contribution in [3.05, 3.63) is 64.1 Å². The number of amides is 1. The van der Waals surface area contributed by atoms with E-state index < -0.39 is 0 Å². The number of carbonyl (C=O) groups excluding carboxylic acids is 1. The van der Waals surface area contributed by atoms with Gasteiger partial charge in [0.2, 0.25) is 5.91 Å². The average Bonchev–Trinajstić information content (AvgIpc) is 2.71. The Labute approximate surface area is 161 Å². The predicted octanol–water partition coefficient (Wildman–Crippen LogP) is 2.12. The van der Waals surface area contributed by atoms with Crippen molar-refractivity contribution in [2.75, 3.05) is 13.2 Å². The van der Waals surface area contributed by atoms with Gasteiger partial charge >= 0.3 is 0 Å². The Hall–Kier alpha value is -3.35. The highest BCUT2D eigenvalue weighted by atomic mass is 16.6. The van der Waals surface area contributed by atoms with Crippen molar-refractivity contribution >= 4 is 16.7 Å². The number of nitrogens with one attached hydrogen (secondary N) is 1. The number of benzene rings is 2. The van der Waals surface area contributed by atoms with E-state index in [1.54, 1.807) is 19.2 Å². The SMILES string of the molecule is C[C@@H](NC(=O)Cc1nn(C)c(=O)c2ccccc12)c1ccc2c(c1)OCCO2. The molecular formula is C21H21N3O4. The highest BCUT2D eigenvalue weighted by molar-refractivity contribution is 5.88. The Morgan fingerprint density at radius 2 is 1.86 bits per heavy atom. The molecule has 1 amide bonds. The molecule has 1 aliphatic heterocycles. The molecule has 0 saturated heterocycles. The standard InChI is InChI=1S/C21H21N3O4/c1-13(14-7-8-18-19(11-14)28-10-9-27-18)22-20(25)12-17-15-5-3-4-6-16(15)21(26)24(2)23-17/h3-8,11,13H,9-10,12H2,1-2H3,(H,22,25)/t13-/m1/s1. The van der Waals surface area contributed by atoms with Crippen LogP contribution >= 0.6 is 0 Å². The Kier molecular flexibility index (Phi) is 4.73. The van der Waals surface area contributed by atoms with E-state index in [-0.39, 0.29) is 23.9 Å². The molecule has 0 radical (unpaired) electrons. The van der Waals surface area contributed by atoms with Crippen LogP contribution in [0, 0.1) is 0 Å². The van der Waals surface area contributed by atoms with Crippen LogP contribution in [0.25, 0.3) is 10.8 Å². The fraction of sp³-hybridized carbons (Fsp3) is 0.286. The van der Waals surface area contributed by atoms with Crippen LogP contribution in [-0.4, -0.2) is 28.9 Å². The second-order valence-corrected chi connectivity index (χ2v) is 6.79. The van der Waals surface area contributed by atoms with E-state index in [0.29, 0.717) is 35.4 Å². The molecule has 7 nitrogen and oxygen atoms in total. The van der Waals surface area contributed by atoms with E-state index in [0.717, 1.165) is 11.3 Å². The van der Waals surface area contributed by atoms with Crippen molar-refractivity contribution in [2.45, 2.75) is 19.4 Å². The Morgan fingerprint density at radius 1 is 1.14 bits per heavy atom. The zero-order valence-corrected chi connectivity index (χ0v) is 15.8. The Bertz CT molecular complexity index is 1110. The summed E-state index contributed by atoms with van der Waals surface area (Å²) < 4.78 is 12.4. The van der Waals surface area contributed by atoms with Gasteiger partial charge in [0.1, 0.15) is 13.2 Å². The smallest absolute Gasteiger partial charge is 0.274 e. The quantitative estimate of drug-likeness (QED) is 0.751. The van der Waals surface area contributed by atoms with Gasteiger partial charge < -0.3 is 14.8 Å². The molecule has 0 aliphatic carbocycles. The number of hydrogen-bond donors (Lipinski definition) is 1. The predicted molar refractivity (Wildman–Crippen MR) is 105 cm³/mol. The van der Waals surface area contributed by atoms with Crippen LogP contribution < -0.4 is 20.3 Å². The Balaban J connectivity index is 1.53. The largest absolute Gasteiger partial charge is 0.486 e. The zero-order chi connectivity index (χ0) is 19.7. The maximum absolute atomic E-state index is 12.6. The van der Waals surface area contributed by atoms with Crippen LogP contribution in [0.4, 0.5) is 0 Å². The molecule has 7 heteroatoms. The Morgan fingerprint density at radius 3 is 2.64 bits per heavy atom. The molecule has 0 spiro atoms. The van der Waals surface area contributed by atoms with Crippen LogP contribution in [0.5, 0.6) is 11.5 Å². The van der Waals surface area contributed by atoms with Gasteiger partial charge in [-0.2, -0.15) is 5.10 Å². The molecular weight excluding hydrogens is 358 g/mol. The van der Waals surface area contributed by atoms with E-state index in [1.807, 2.05) is 37.3 Å². The van der Waals surface area contributed by atoms with Crippen molar-refractivity contribution in [2.24, 2.45) is 7.05 Å². The minimum absolute atomic E-state index is 0.0868. The van der Waals surface area contributed by atoms with E-state index in [1.165, 1.54) is 4.68 Å². The number of aromatic nitrogens is 2. The summed E-state index contributed by atoms with van der Waals surface area (Å²) in [5, 5.41) is 8.53. The number of ether oxygens (including phenoxy) is 2. The van der Waals surface area contributed by atoms with Gasteiger partial charge in [-0.15, -0.1) is 0 Å². The molecule has 144 valence electrons. The van der Waals surface area contributed by atoms with Gasteiger partial charge in [0.05, 0.1) is 23.5 Å². The molecule has 0 saturated carbocycles. The van der Waals surface area contributed by atoms with E-state index in [9.17, 15) is 9.59 Å². The summed E-state index contributed by atoms with van der Waals surface area (Å²) in [6, 6.07) is 12.7. The fourth-order valence-corrected chi connectivity index (χ4v) is 3.36. The van der Waals surface area contributed by atoms with Crippen molar-refractivity contribution < 1.29 is 14.3 Å². The molecule has 2 heterocycles. The summed E-state index contributed by atoms with van der Waals surface area (Å²) in [4.78, 5) is 24.9. The van der Waals surface area contributed by atoms with Crippen LogP contribution in [-0.2, 0) is 18.3 Å². The topological polar surface area (TPSA) is 82.5 Å². The van der Waals surface area contributed by atoms with Gasteiger partial charge in [-0.3, -0.25) is 9.59 Å². The van der Waals surface area contributed by atoms with Crippen molar-refractivity contribution in [3.8, 4) is 11.5 Å². The summed E-state index contributed by atoms with van der Waals surface area (Å²) in [7, 11) is 1.59. The van der Waals surface area contributed by atoms with Crippen molar-refractivity contribution in [1.29, 1.82) is 0 Å². The number of fused-ring (bicyclic) bond motifs is 2. The summed E-state index contributed by atoms with van der Waals surface area (Å²) in [6.07, 6.45) is 0.0868. The van der Waals surface area contributed by atoms with Crippen LogP contribution in [0.15, 0.2) is 47.3 Å². The maximum Gasteiger partial charge on any atom is 0.274 e. The molecule has 3 aromatic rings. The third-order valence-corrected chi connectivity index (χ3v) is 4.80. The molecule has 28 heavy (non-hydrogen) atoms. The maximum atomic E-state index is 12.6. The van der Waals surface area contributed by atoms with Crippen molar-refractivity contribution in [1.82, 2.24) is 15.1 Å². The number of nitrogens with zero attached hydrogens (tertiary/aromatic N) is 2. The fourth-order valence-electron chi connectivity index (χ4n) is 3.36. The molecule has 0 unspecified atom stereocenters. The van der Waals surface area contributed by atoms with Crippen LogP contribution in [0.1, 0.15) is 24.2 Å². The lowest BCUT2D eigenvalue weighted by atomic mass is 10.1. The lowest BCUT2D eigenvalue weighted by molar-refractivity contribution is -0.121. The van der Waals surface area contributed by atoms with Gasteiger partial charge in [-0.1, -0.05) is 24.3 Å². The van der Waals surface area contributed by atoms with Gasteiger partial charge in [0, 0.05) is 12.4 Å². The first-order chi connectivity index (χ1) is 13.5. The van der Waals surface area contributed by atoms with E-state index in [2.05, 4.69) is 10.4 Å². The van der Waals surface area contributed by atoms with Crippen LogP contribution in [0.3, 0.4) is 0 Å². The highest BCUT2D eigenvalue weighted by Gasteiger charge is 2.17. The normalized spacial score (nSPS) is 13.9. The van der Waals surface area contributed by atoms with E-state index in [4.69, 9.17) is 9.47 Å². The molecule has 0 fully saturated rings. The molecule has 1 aliphatic rings. The number of aryl methyl sites for hydroxylation is 1. The molecule has 1 N–H and O–H groups in total. The third kappa shape index (κ3) is 3.43. The molecule has 2 aromatic carbocycles. The number of rotatable bonds is 4. The van der Waals surface area contributed by atoms with Gasteiger partial charge in [0.15, 0.2) is 11.5 Å². The molecule has 1 atom stereocenters. The summed E-state index contributed by atoms with van der Waals surface area (Å²) in [5.74, 6) is 1.24. The van der Waals surface area contributed by atoms with Gasteiger partial charge in [0.25, 0.3) is 5.56 Å². The zero-order valence-electron chi connectivity index (χ0n) is 15.8. The first kappa shape index (κ1) is 18.0. The van der Waals surface area contributed by atoms with Crippen LogP contribution in [0.2, 0.25) is 0 Å². The second-order valence-electron chi connectivity index (χ2n) is 6.79. The lowest BCUT2D eigenvalue weighted by Crippen LogP contribution is -2.30. The number of carbonyl (C=O) groups is 1. The van der Waals surface area contributed by atoms with Gasteiger partial charge in [-0.25, -0.2) is 4.68 Å². The lowest BCUT2D eigenvalue weighted by Gasteiger charge is -2.21. The molecule has 4 rings (SSSR count). The first-order valence-electron chi connectivity index (χ1n) is 9.17. The monoisotopic (exact) mass is 379 g/mol. The first-order valence-corrected chi connectivity index (χ1v) is 9.17. The summed E-state index contributed by atoms with van der Waals surface area (Å²) in [6.45, 7) is 2.97. The minimum Gasteiger partial charge on any atom is -0.486 e. The molecule has 1 aromatic heterocycles. The van der Waals surface area contributed by atoms with Gasteiger partial charge in [-0.05, 0) is 30.7 Å². The summed E-state index contributed by atoms with van der Waals surface area (Å²) >= 11 is 0. The molecule has 0 bridgehead atoms. The number of hydrogen-bond acceptors (Lipinski definition) is 5. The van der Waals surface area contributed by atoms with E-state index >= 15 is 0 Å². The third-order valence-electron chi connectivity index (χ3n) is 4.80.